The molecule has 0 saturated carbocycles. The summed E-state index contributed by atoms with van der Waals surface area (Å²) in [6.07, 6.45) is 1.72. The van der Waals surface area contributed by atoms with Gasteiger partial charge in [-0.3, -0.25) is 9.69 Å². The van der Waals surface area contributed by atoms with Gasteiger partial charge in [-0.15, -0.1) is 0 Å². The zero-order valence-electron chi connectivity index (χ0n) is 20.6. The van der Waals surface area contributed by atoms with E-state index in [1.165, 1.54) is 0 Å². The molecule has 1 unspecified atom stereocenters. The van der Waals surface area contributed by atoms with Gasteiger partial charge in [-0.05, 0) is 35.9 Å². The predicted molar refractivity (Wildman–Crippen MR) is 144 cm³/mol. The van der Waals surface area contributed by atoms with E-state index in [1.54, 1.807) is 13.3 Å². The zero-order valence-corrected chi connectivity index (χ0v) is 20.6. The molecule has 0 radical (unpaired) electrons. The lowest BCUT2D eigenvalue weighted by Crippen LogP contribution is -2.43. The van der Waals surface area contributed by atoms with Crippen LogP contribution in [-0.4, -0.2) is 54.2 Å². The summed E-state index contributed by atoms with van der Waals surface area (Å²) in [7, 11) is 1.63. The summed E-state index contributed by atoms with van der Waals surface area (Å²) in [4.78, 5) is 24.5. The van der Waals surface area contributed by atoms with Gasteiger partial charge in [0.05, 0.1) is 26.0 Å². The van der Waals surface area contributed by atoms with Crippen molar-refractivity contribution in [1.29, 1.82) is 0 Å². The number of anilines is 3. The molecule has 2 N–H and O–H groups in total. The lowest BCUT2D eigenvalue weighted by Gasteiger charge is -2.33. The topological polar surface area (TPSA) is 88.6 Å². The maximum atomic E-state index is 13.4. The maximum absolute atomic E-state index is 13.4. The van der Waals surface area contributed by atoms with Crippen LogP contribution in [0, 0.1) is 0 Å². The van der Waals surface area contributed by atoms with Crippen LogP contribution in [0.4, 0.5) is 17.3 Å². The van der Waals surface area contributed by atoms with Crippen molar-refractivity contribution in [2.24, 2.45) is 0 Å². The summed E-state index contributed by atoms with van der Waals surface area (Å²) in [6, 6.07) is 26.6. The molecule has 1 fully saturated rings. The predicted octanol–water partition coefficient (Wildman–Crippen LogP) is 4.91. The fourth-order valence-electron chi connectivity index (χ4n) is 4.34. The van der Waals surface area contributed by atoms with Crippen LogP contribution in [0.2, 0.25) is 0 Å². The molecule has 8 heteroatoms. The highest BCUT2D eigenvalue weighted by Crippen LogP contribution is 2.26. The van der Waals surface area contributed by atoms with Crippen LogP contribution in [0.25, 0.3) is 11.3 Å². The first-order valence-electron chi connectivity index (χ1n) is 12.2. The molecule has 0 bridgehead atoms. The van der Waals surface area contributed by atoms with Crippen molar-refractivity contribution >= 4 is 23.2 Å². The minimum absolute atomic E-state index is 0.0624. The molecule has 1 aliphatic heterocycles. The van der Waals surface area contributed by atoms with Crippen LogP contribution in [0.5, 0.6) is 5.75 Å². The molecular formula is C29H29N5O3. The number of amides is 1. The van der Waals surface area contributed by atoms with Gasteiger partial charge < -0.3 is 20.1 Å². The lowest BCUT2D eigenvalue weighted by atomic mass is 10.0. The Morgan fingerprint density at radius 2 is 1.73 bits per heavy atom. The van der Waals surface area contributed by atoms with E-state index in [-0.39, 0.29) is 11.9 Å². The SMILES string of the molecule is COc1cccc(Nc2nccc(-c3ccc(NC(=O)C(c4ccccc4)N4CCOCC4)cc3)n2)c1. The molecule has 8 nitrogen and oxygen atoms in total. The second-order valence-electron chi connectivity index (χ2n) is 8.65. The van der Waals surface area contributed by atoms with Crippen LogP contribution in [0.15, 0.2) is 91.1 Å². The Morgan fingerprint density at radius 1 is 0.946 bits per heavy atom. The third kappa shape index (κ3) is 6.11. The number of aromatic nitrogens is 2. The first-order chi connectivity index (χ1) is 18.2. The number of hydrogen-bond acceptors (Lipinski definition) is 7. The molecule has 3 aromatic carbocycles. The number of nitrogens with one attached hydrogen (secondary N) is 2. The Morgan fingerprint density at radius 3 is 2.49 bits per heavy atom. The quantitative estimate of drug-likeness (QED) is 0.359. The fourth-order valence-corrected chi connectivity index (χ4v) is 4.34. The lowest BCUT2D eigenvalue weighted by molar-refractivity contribution is -0.123. The molecular weight excluding hydrogens is 466 g/mol. The average Bonchev–Trinajstić information content (AvgIpc) is 2.95. The van der Waals surface area contributed by atoms with Gasteiger partial charge in [0, 0.05) is 42.3 Å². The number of rotatable bonds is 8. The van der Waals surface area contributed by atoms with E-state index in [1.807, 2.05) is 84.9 Å². The van der Waals surface area contributed by atoms with Gasteiger partial charge in [0.15, 0.2) is 0 Å². The fraction of sp³-hybridized carbons (Fsp3) is 0.207. The third-order valence-electron chi connectivity index (χ3n) is 6.20. The summed E-state index contributed by atoms with van der Waals surface area (Å²) in [6.45, 7) is 2.68. The smallest absolute Gasteiger partial charge is 0.246 e. The monoisotopic (exact) mass is 495 g/mol. The van der Waals surface area contributed by atoms with Gasteiger partial charge in [-0.2, -0.15) is 0 Å². The molecule has 1 aromatic heterocycles. The summed E-state index contributed by atoms with van der Waals surface area (Å²) in [5.41, 5.74) is 4.22. The standard InChI is InChI=1S/C29H29N5O3/c1-36-25-9-5-8-24(20-25)32-29-30-15-14-26(33-29)21-10-12-23(13-11-21)31-28(35)27(22-6-3-2-4-7-22)34-16-18-37-19-17-34/h2-15,20,27H,16-19H2,1H3,(H,31,35)(H,30,32,33). The highest BCUT2D eigenvalue weighted by atomic mass is 16.5. The van der Waals surface area contributed by atoms with Crippen LogP contribution in [-0.2, 0) is 9.53 Å². The van der Waals surface area contributed by atoms with E-state index >= 15 is 0 Å². The molecule has 188 valence electrons. The van der Waals surface area contributed by atoms with Crippen LogP contribution < -0.4 is 15.4 Å². The number of methoxy groups -OCH3 is 1. The van der Waals surface area contributed by atoms with Gasteiger partial charge >= 0.3 is 0 Å². The highest BCUT2D eigenvalue weighted by Gasteiger charge is 2.29. The summed E-state index contributed by atoms with van der Waals surface area (Å²) in [5, 5.41) is 6.31. The molecule has 2 heterocycles. The molecule has 1 atom stereocenters. The molecule has 1 amide bonds. The van der Waals surface area contributed by atoms with Crippen molar-refractivity contribution < 1.29 is 14.3 Å². The van der Waals surface area contributed by atoms with Gasteiger partial charge in [-0.1, -0.05) is 48.5 Å². The van der Waals surface area contributed by atoms with Crippen molar-refractivity contribution in [2.75, 3.05) is 44.0 Å². The van der Waals surface area contributed by atoms with Crippen molar-refractivity contribution in [3.63, 3.8) is 0 Å². The van der Waals surface area contributed by atoms with Crippen LogP contribution >= 0.6 is 0 Å². The Balaban J connectivity index is 1.29. The normalized spacial score (nSPS) is 14.5. The minimum atomic E-state index is -0.378. The van der Waals surface area contributed by atoms with Crippen LogP contribution in [0.3, 0.4) is 0 Å². The Labute approximate surface area is 216 Å². The average molecular weight is 496 g/mol. The summed E-state index contributed by atoms with van der Waals surface area (Å²) in [5.74, 6) is 1.17. The second kappa shape index (κ2) is 11.6. The summed E-state index contributed by atoms with van der Waals surface area (Å²) >= 11 is 0. The number of morpholine rings is 1. The zero-order chi connectivity index (χ0) is 25.5. The van der Waals surface area contributed by atoms with E-state index in [0.29, 0.717) is 32.3 Å². The Kier molecular flexibility index (Phi) is 7.69. The van der Waals surface area contributed by atoms with Crippen molar-refractivity contribution in [3.8, 4) is 17.0 Å². The molecule has 0 spiro atoms. The number of carbonyl (C=O) groups is 1. The second-order valence-corrected chi connectivity index (χ2v) is 8.65. The summed E-state index contributed by atoms with van der Waals surface area (Å²) < 4.78 is 10.8. The van der Waals surface area contributed by atoms with E-state index in [2.05, 4.69) is 25.5 Å². The Bertz CT molecular complexity index is 1320. The maximum Gasteiger partial charge on any atom is 0.246 e. The molecule has 0 aliphatic carbocycles. The number of ether oxygens (including phenoxy) is 2. The van der Waals surface area contributed by atoms with Gasteiger partial charge in [-0.25, -0.2) is 9.97 Å². The van der Waals surface area contributed by atoms with E-state index in [4.69, 9.17) is 9.47 Å². The largest absolute Gasteiger partial charge is 0.497 e. The first kappa shape index (κ1) is 24.4. The minimum Gasteiger partial charge on any atom is -0.497 e. The number of hydrogen-bond donors (Lipinski definition) is 2. The molecule has 1 aliphatic rings. The van der Waals surface area contributed by atoms with E-state index < -0.39 is 0 Å². The number of nitrogens with zero attached hydrogens (tertiary/aromatic N) is 3. The Hall–Kier alpha value is -4.27. The van der Waals surface area contributed by atoms with Crippen molar-refractivity contribution in [1.82, 2.24) is 14.9 Å². The van der Waals surface area contributed by atoms with Crippen molar-refractivity contribution in [2.45, 2.75) is 6.04 Å². The number of carbonyl (C=O) groups excluding carboxylic acids is 1. The van der Waals surface area contributed by atoms with E-state index in [0.717, 1.165) is 33.9 Å². The van der Waals surface area contributed by atoms with Crippen molar-refractivity contribution in [3.05, 3.63) is 96.7 Å². The highest BCUT2D eigenvalue weighted by molar-refractivity contribution is 5.95. The van der Waals surface area contributed by atoms with Gasteiger partial charge in [0.1, 0.15) is 11.8 Å². The third-order valence-corrected chi connectivity index (χ3v) is 6.20. The van der Waals surface area contributed by atoms with Gasteiger partial charge in [0.25, 0.3) is 0 Å². The van der Waals surface area contributed by atoms with Gasteiger partial charge in [0.2, 0.25) is 11.9 Å². The number of benzene rings is 3. The molecule has 4 aromatic rings. The van der Waals surface area contributed by atoms with E-state index in [9.17, 15) is 4.79 Å². The first-order valence-corrected chi connectivity index (χ1v) is 12.2. The molecule has 5 rings (SSSR count). The molecule has 1 saturated heterocycles. The molecule has 37 heavy (non-hydrogen) atoms. The van der Waals surface area contributed by atoms with Crippen LogP contribution in [0.1, 0.15) is 11.6 Å².